The molecule has 6 nitrogen and oxygen atoms in total. The van der Waals surface area contributed by atoms with Gasteiger partial charge in [-0.2, -0.15) is 0 Å². The van der Waals surface area contributed by atoms with E-state index in [1.165, 1.54) is 77.0 Å². The number of esters is 2. The number of Topliss-reactive ketones (excluding diaryl/α,β-unsaturated/α-hetero) is 1. The van der Waals surface area contributed by atoms with Gasteiger partial charge in [0.1, 0.15) is 11.3 Å². The fourth-order valence-electron chi connectivity index (χ4n) is 4.83. The molecule has 0 bridgehead atoms. The highest BCUT2D eigenvalue weighted by Crippen LogP contribution is 2.30. The predicted octanol–water partition coefficient (Wildman–Crippen LogP) is 7.80. The maximum absolute atomic E-state index is 12.8. The van der Waals surface area contributed by atoms with E-state index in [2.05, 4.69) is 6.92 Å². The minimum atomic E-state index is -0.784. The first-order chi connectivity index (χ1) is 19.0. The summed E-state index contributed by atoms with van der Waals surface area (Å²) in [5, 5.41) is 0. The smallest absolute Gasteiger partial charge is 0.349 e. The minimum Gasteiger partial charge on any atom is -0.462 e. The Bertz CT molecular complexity index is 1120. The SMILES string of the molecule is CCCCCCCCCCCCCCCCOC(=O)c1ccc(/C(N)=C2/C(=O)Oc3ccccc3C2=O)cc1. The van der Waals surface area contributed by atoms with Gasteiger partial charge in [0.05, 0.1) is 23.4 Å². The van der Waals surface area contributed by atoms with Crippen molar-refractivity contribution in [1.82, 2.24) is 0 Å². The van der Waals surface area contributed by atoms with Crippen LogP contribution in [0.4, 0.5) is 0 Å². The Balaban J connectivity index is 1.32. The molecule has 0 spiro atoms. The van der Waals surface area contributed by atoms with E-state index in [0.717, 1.165) is 12.8 Å². The molecule has 0 aliphatic carbocycles. The van der Waals surface area contributed by atoms with E-state index in [9.17, 15) is 14.4 Å². The number of rotatable bonds is 17. The van der Waals surface area contributed by atoms with Crippen LogP contribution >= 0.6 is 0 Å². The van der Waals surface area contributed by atoms with Gasteiger partial charge in [0.25, 0.3) is 0 Å². The lowest BCUT2D eigenvalue weighted by Gasteiger charge is -2.18. The van der Waals surface area contributed by atoms with E-state index < -0.39 is 17.7 Å². The molecule has 1 heterocycles. The maximum atomic E-state index is 12.8. The lowest BCUT2D eigenvalue weighted by atomic mass is 9.95. The number of ketones is 1. The van der Waals surface area contributed by atoms with Gasteiger partial charge in [-0.1, -0.05) is 115 Å². The molecule has 0 saturated carbocycles. The second-order valence-corrected chi connectivity index (χ2v) is 10.3. The summed E-state index contributed by atoms with van der Waals surface area (Å²) in [4.78, 5) is 37.7. The summed E-state index contributed by atoms with van der Waals surface area (Å²) >= 11 is 0. The Morgan fingerprint density at radius 3 is 1.82 bits per heavy atom. The summed E-state index contributed by atoms with van der Waals surface area (Å²) in [6.45, 7) is 2.65. The number of ether oxygens (including phenoxy) is 2. The van der Waals surface area contributed by atoms with Gasteiger partial charge in [0, 0.05) is 0 Å². The molecular weight excluding hydrogens is 490 g/mol. The Morgan fingerprint density at radius 1 is 0.718 bits per heavy atom. The van der Waals surface area contributed by atoms with Gasteiger partial charge >= 0.3 is 11.9 Å². The van der Waals surface area contributed by atoms with Gasteiger partial charge in [-0.05, 0) is 36.2 Å². The lowest BCUT2D eigenvalue weighted by molar-refractivity contribution is -0.130. The van der Waals surface area contributed by atoms with E-state index >= 15 is 0 Å². The molecule has 2 N–H and O–H groups in total. The Kier molecular flexibility index (Phi) is 12.8. The summed E-state index contributed by atoms with van der Waals surface area (Å²) in [6.07, 6.45) is 17.9. The second-order valence-electron chi connectivity index (χ2n) is 10.3. The summed E-state index contributed by atoms with van der Waals surface area (Å²) < 4.78 is 10.7. The monoisotopic (exact) mass is 533 g/mol. The van der Waals surface area contributed by atoms with Crippen LogP contribution in [-0.4, -0.2) is 24.3 Å². The average molecular weight is 534 g/mol. The van der Waals surface area contributed by atoms with Crippen molar-refractivity contribution in [2.75, 3.05) is 6.61 Å². The van der Waals surface area contributed by atoms with Crippen LogP contribution in [0.15, 0.2) is 54.1 Å². The molecule has 0 saturated heterocycles. The second kappa shape index (κ2) is 16.5. The van der Waals surface area contributed by atoms with Crippen molar-refractivity contribution < 1.29 is 23.9 Å². The van der Waals surface area contributed by atoms with Crippen LogP contribution < -0.4 is 10.5 Å². The summed E-state index contributed by atoms with van der Waals surface area (Å²) in [6, 6.07) is 12.9. The summed E-state index contributed by atoms with van der Waals surface area (Å²) in [7, 11) is 0. The first kappa shape index (κ1) is 30.1. The third-order valence-corrected chi connectivity index (χ3v) is 7.20. The van der Waals surface area contributed by atoms with Crippen molar-refractivity contribution in [2.45, 2.75) is 96.8 Å². The molecule has 0 radical (unpaired) electrons. The van der Waals surface area contributed by atoms with Gasteiger partial charge in [-0.25, -0.2) is 9.59 Å². The number of unbranched alkanes of at least 4 members (excludes halogenated alkanes) is 13. The van der Waals surface area contributed by atoms with Gasteiger partial charge in [0.2, 0.25) is 5.78 Å². The van der Waals surface area contributed by atoms with Crippen molar-refractivity contribution in [3.63, 3.8) is 0 Å². The number of carbonyl (C=O) groups is 3. The fourth-order valence-corrected chi connectivity index (χ4v) is 4.83. The maximum Gasteiger partial charge on any atom is 0.349 e. The molecule has 0 unspecified atom stereocenters. The number of para-hydroxylation sites is 1. The number of carbonyl (C=O) groups excluding carboxylic acids is 3. The Labute approximate surface area is 233 Å². The predicted molar refractivity (Wildman–Crippen MR) is 155 cm³/mol. The Morgan fingerprint density at radius 2 is 1.23 bits per heavy atom. The van der Waals surface area contributed by atoms with Crippen molar-refractivity contribution in [2.24, 2.45) is 5.73 Å². The number of hydrogen-bond acceptors (Lipinski definition) is 6. The van der Waals surface area contributed by atoms with Gasteiger partial charge in [0.15, 0.2) is 0 Å². The molecular formula is C33H43NO5. The Hall–Kier alpha value is -3.41. The summed E-state index contributed by atoms with van der Waals surface area (Å²) in [5.74, 6) is -1.44. The van der Waals surface area contributed by atoms with Gasteiger partial charge in [-0.15, -0.1) is 0 Å². The first-order valence-corrected chi connectivity index (χ1v) is 14.7. The fraction of sp³-hybridized carbons (Fsp3) is 0.485. The van der Waals surface area contributed by atoms with Crippen molar-refractivity contribution >= 4 is 23.4 Å². The van der Waals surface area contributed by atoms with Crippen LogP contribution in [0, 0.1) is 0 Å². The van der Waals surface area contributed by atoms with Crippen LogP contribution in [0.3, 0.4) is 0 Å². The molecule has 39 heavy (non-hydrogen) atoms. The molecule has 6 heteroatoms. The first-order valence-electron chi connectivity index (χ1n) is 14.7. The molecule has 3 rings (SSSR count). The van der Waals surface area contributed by atoms with Crippen LogP contribution in [0.1, 0.15) is 123 Å². The molecule has 2 aromatic carbocycles. The number of benzene rings is 2. The zero-order valence-electron chi connectivity index (χ0n) is 23.3. The third-order valence-electron chi connectivity index (χ3n) is 7.20. The van der Waals surface area contributed by atoms with E-state index in [4.69, 9.17) is 15.2 Å². The van der Waals surface area contributed by atoms with E-state index in [1.807, 2.05) is 0 Å². The average Bonchev–Trinajstić information content (AvgIpc) is 2.95. The molecule has 0 amide bonds. The standard InChI is InChI=1S/C33H43NO5/c1-2-3-4-5-6-7-8-9-10-11-12-13-14-17-24-38-32(36)26-22-20-25(21-23-26)30(34)29-31(35)27-18-15-16-19-28(27)39-33(29)37/h15-16,18-23H,2-14,17,24,34H2,1H3/b30-29-. The topological polar surface area (TPSA) is 95.7 Å². The van der Waals surface area contributed by atoms with Crippen LogP contribution in [0.5, 0.6) is 5.75 Å². The normalized spacial score (nSPS) is 14.1. The van der Waals surface area contributed by atoms with Crippen LogP contribution in [-0.2, 0) is 9.53 Å². The molecule has 1 aliphatic heterocycles. The van der Waals surface area contributed by atoms with E-state index in [-0.39, 0.29) is 17.0 Å². The zero-order chi connectivity index (χ0) is 27.9. The van der Waals surface area contributed by atoms with Crippen molar-refractivity contribution in [3.05, 3.63) is 70.8 Å². The van der Waals surface area contributed by atoms with Crippen LogP contribution in [0.25, 0.3) is 5.70 Å². The van der Waals surface area contributed by atoms with Crippen LogP contribution in [0.2, 0.25) is 0 Å². The molecule has 0 fully saturated rings. The highest BCUT2D eigenvalue weighted by atomic mass is 16.5. The molecule has 0 atom stereocenters. The molecule has 210 valence electrons. The van der Waals surface area contributed by atoms with Crippen molar-refractivity contribution in [3.8, 4) is 5.75 Å². The number of fused-ring (bicyclic) bond motifs is 1. The highest BCUT2D eigenvalue weighted by molar-refractivity contribution is 6.31. The molecule has 2 aromatic rings. The zero-order valence-corrected chi connectivity index (χ0v) is 23.3. The quantitative estimate of drug-likeness (QED) is 0.0733. The van der Waals surface area contributed by atoms with Gasteiger partial charge in [-0.3, -0.25) is 4.79 Å². The van der Waals surface area contributed by atoms with Gasteiger partial charge < -0.3 is 15.2 Å². The molecule has 1 aliphatic rings. The van der Waals surface area contributed by atoms with E-state index in [1.54, 1.807) is 48.5 Å². The highest BCUT2D eigenvalue weighted by Gasteiger charge is 2.33. The molecule has 0 aromatic heterocycles. The number of hydrogen-bond donors (Lipinski definition) is 1. The lowest BCUT2D eigenvalue weighted by Crippen LogP contribution is -2.28. The largest absolute Gasteiger partial charge is 0.462 e. The third kappa shape index (κ3) is 9.38. The summed E-state index contributed by atoms with van der Waals surface area (Å²) in [5.41, 5.74) is 7.12. The van der Waals surface area contributed by atoms with E-state index in [0.29, 0.717) is 23.3 Å². The van der Waals surface area contributed by atoms with Crippen molar-refractivity contribution in [1.29, 1.82) is 0 Å². The number of nitrogens with two attached hydrogens (primary N) is 1. The minimum absolute atomic E-state index is 0.0156.